The molecule has 1 aromatic carbocycles. The largest absolute Gasteiger partial charge is 0.493 e. The summed E-state index contributed by atoms with van der Waals surface area (Å²) in [6.07, 6.45) is 4.86. The molecule has 1 spiro atoms. The number of fused-ring (bicyclic) bond motifs is 1. The zero-order chi connectivity index (χ0) is 26.0. The van der Waals surface area contributed by atoms with Gasteiger partial charge in [0.05, 0.1) is 43.4 Å². The van der Waals surface area contributed by atoms with Gasteiger partial charge >= 0.3 is 0 Å². The Labute approximate surface area is 214 Å². The Hall–Kier alpha value is -1.64. The Kier molecular flexibility index (Phi) is 8.67. The van der Waals surface area contributed by atoms with Gasteiger partial charge < -0.3 is 33.9 Å². The highest BCUT2D eigenvalue weighted by Gasteiger charge is 2.68. The zero-order valence-corrected chi connectivity index (χ0v) is 22.5. The third-order valence-electron chi connectivity index (χ3n) is 7.83. The van der Waals surface area contributed by atoms with E-state index in [9.17, 15) is 15.3 Å². The first-order valence-electron chi connectivity index (χ1n) is 13.8. The highest BCUT2D eigenvalue weighted by molar-refractivity contribution is 5.88. The van der Waals surface area contributed by atoms with Gasteiger partial charge in [-0.25, -0.2) is 0 Å². The summed E-state index contributed by atoms with van der Waals surface area (Å²) in [6, 6.07) is 2.14. The maximum atomic E-state index is 11.0. The van der Waals surface area contributed by atoms with Gasteiger partial charge in [-0.15, -0.1) is 0 Å². The summed E-state index contributed by atoms with van der Waals surface area (Å²) in [4.78, 5) is 0. The van der Waals surface area contributed by atoms with E-state index in [1.54, 1.807) is 6.26 Å². The minimum atomic E-state index is -1.17. The average molecular weight is 505 g/mol. The van der Waals surface area contributed by atoms with Crippen LogP contribution in [-0.4, -0.2) is 52.1 Å². The Morgan fingerprint density at radius 1 is 1.17 bits per heavy atom. The van der Waals surface area contributed by atoms with Crippen LogP contribution in [0.1, 0.15) is 95.8 Å². The minimum absolute atomic E-state index is 0.0815. The van der Waals surface area contributed by atoms with Crippen LogP contribution in [0.3, 0.4) is 0 Å². The molecule has 4 rings (SSSR count). The number of benzene rings is 1. The van der Waals surface area contributed by atoms with E-state index in [1.807, 2.05) is 6.92 Å². The second-order valence-corrected chi connectivity index (χ2v) is 10.9. The van der Waals surface area contributed by atoms with Crippen molar-refractivity contribution in [1.29, 1.82) is 0 Å². The van der Waals surface area contributed by atoms with Crippen molar-refractivity contribution in [2.75, 3.05) is 6.61 Å². The monoisotopic (exact) mass is 504 g/mol. The second-order valence-electron chi connectivity index (χ2n) is 10.9. The van der Waals surface area contributed by atoms with Crippen molar-refractivity contribution in [2.45, 2.75) is 122 Å². The number of aliphatic hydroxyl groups excluding tert-OH is 3. The predicted octanol–water partition coefficient (Wildman–Crippen LogP) is 5.20. The minimum Gasteiger partial charge on any atom is -0.493 e. The molecule has 3 N–H and O–H groups in total. The summed E-state index contributed by atoms with van der Waals surface area (Å²) in [5.74, 6) is 1.07. The summed E-state index contributed by atoms with van der Waals surface area (Å²) in [7, 11) is 0. The van der Waals surface area contributed by atoms with E-state index in [-0.39, 0.29) is 24.7 Å². The lowest BCUT2D eigenvalue weighted by atomic mass is 9.80. The van der Waals surface area contributed by atoms with Gasteiger partial charge in [-0.05, 0) is 43.2 Å². The lowest BCUT2D eigenvalue weighted by Gasteiger charge is -2.39. The van der Waals surface area contributed by atoms with Crippen LogP contribution in [0, 0.1) is 5.92 Å². The third-order valence-corrected chi connectivity index (χ3v) is 7.83. The quantitative estimate of drug-likeness (QED) is 0.269. The molecule has 2 aliphatic rings. The molecular weight excluding hydrogens is 460 g/mol. The van der Waals surface area contributed by atoms with Crippen molar-refractivity contribution in [3.63, 3.8) is 0 Å². The molecule has 36 heavy (non-hydrogen) atoms. The van der Waals surface area contributed by atoms with Crippen molar-refractivity contribution in [3.05, 3.63) is 29.0 Å². The molecule has 5 unspecified atom stereocenters. The molecule has 2 saturated heterocycles. The van der Waals surface area contributed by atoms with Crippen molar-refractivity contribution in [1.82, 2.24) is 0 Å². The lowest BCUT2D eigenvalue weighted by Crippen LogP contribution is -2.53. The van der Waals surface area contributed by atoms with Crippen molar-refractivity contribution in [3.8, 4) is 5.75 Å². The SMILES string of the molecule is CCCCOc1c(CC(C)C)cc2c(C(CCC)C3CC(O)C4(OC4CC)[C@H](O)O3)coc2c1CO. The molecule has 0 amide bonds. The molecule has 0 radical (unpaired) electrons. The fourth-order valence-corrected chi connectivity index (χ4v) is 5.95. The van der Waals surface area contributed by atoms with Crippen molar-refractivity contribution >= 4 is 11.0 Å². The van der Waals surface area contributed by atoms with Crippen LogP contribution in [0.5, 0.6) is 5.75 Å². The molecule has 0 saturated carbocycles. The maximum absolute atomic E-state index is 11.0. The van der Waals surface area contributed by atoms with Gasteiger partial charge in [0, 0.05) is 23.3 Å². The van der Waals surface area contributed by atoms with Gasteiger partial charge in [0.15, 0.2) is 11.9 Å². The molecule has 6 atom stereocenters. The Balaban J connectivity index is 1.72. The number of epoxide rings is 1. The smallest absolute Gasteiger partial charge is 0.189 e. The molecule has 0 bridgehead atoms. The Morgan fingerprint density at radius 2 is 1.94 bits per heavy atom. The molecule has 2 aliphatic heterocycles. The van der Waals surface area contributed by atoms with Crippen LogP contribution in [-0.2, 0) is 22.5 Å². The number of rotatable bonds is 12. The molecule has 2 aromatic rings. The fraction of sp³-hybridized carbons (Fsp3) is 0.724. The first kappa shape index (κ1) is 27.4. The second kappa shape index (κ2) is 11.4. The van der Waals surface area contributed by atoms with Gasteiger partial charge in [0.25, 0.3) is 0 Å². The molecule has 7 nitrogen and oxygen atoms in total. The molecule has 202 valence electrons. The number of unbranched alkanes of at least 4 members (excludes halogenated alkanes) is 1. The fourth-order valence-electron chi connectivity index (χ4n) is 5.95. The summed E-state index contributed by atoms with van der Waals surface area (Å²) in [6.45, 7) is 11.0. The molecular formula is C29H44O7. The van der Waals surface area contributed by atoms with E-state index < -0.39 is 18.0 Å². The van der Waals surface area contributed by atoms with Gasteiger partial charge in [0.2, 0.25) is 0 Å². The van der Waals surface area contributed by atoms with E-state index in [4.69, 9.17) is 18.6 Å². The highest BCUT2D eigenvalue weighted by Crippen LogP contribution is 2.52. The van der Waals surface area contributed by atoms with Crippen LogP contribution in [0.15, 0.2) is 16.7 Å². The Morgan fingerprint density at radius 3 is 2.53 bits per heavy atom. The van der Waals surface area contributed by atoms with Crippen LogP contribution >= 0.6 is 0 Å². The summed E-state index contributed by atoms with van der Waals surface area (Å²) in [5.41, 5.74) is 2.37. The highest BCUT2D eigenvalue weighted by atomic mass is 16.7. The first-order valence-corrected chi connectivity index (χ1v) is 13.8. The van der Waals surface area contributed by atoms with Crippen LogP contribution in [0.25, 0.3) is 11.0 Å². The maximum Gasteiger partial charge on any atom is 0.189 e. The number of ether oxygens (including phenoxy) is 3. The molecule has 1 aromatic heterocycles. The number of hydrogen-bond donors (Lipinski definition) is 3. The number of furan rings is 1. The topological polar surface area (TPSA) is 105 Å². The number of aliphatic hydroxyl groups is 3. The molecule has 3 heterocycles. The lowest BCUT2D eigenvalue weighted by molar-refractivity contribution is -0.236. The molecule has 0 aliphatic carbocycles. The van der Waals surface area contributed by atoms with Gasteiger partial charge in [-0.1, -0.05) is 47.5 Å². The van der Waals surface area contributed by atoms with E-state index in [0.29, 0.717) is 30.1 Å². The zero-order valence-electron chi connectivity index (χ0n) is 22.5. The van der Waals surface area contributed by atoms with Gasteiger partial charge in [0.1, 0.15) is 11.3 Å². The van der Waals surface area contributed by atoms with E-state index in [2.05, 4.69) is 33.8 Å². The normalized spacial score (nSPS) is 28.8. The van der Waals surface area contributed by atoms with Crippen LogP contribution < -0.4 is 4.74 Å². The van der Waals surface area contributed by atoms with Crippen LogP contribution in [0.2, 0.25) is 0 Å². The average Bonchev–Trinajstić information content (AvgIpc) is 3.46. The standard InChI is InChI=1S/C29H44O7/c1-6-9-11-33-26-18(12-17(4)5)13-20-22(16-34-27(20)21(26)15-30)19(10-7-2)23-14-24(31)29(28(32)35-23)25(8-3)36-29/h13,16-17,19,23-25,28,30-32H,6-12,14-15H2,1-5H3/t19?,23?,24?,25?,28-,29?/m1/s1. The summed E-state index contributed by atoms with van der Waals surface area (Å²) >= 11 is 0. The summed E-state index contributed by atoms with van der Waals surface area (Å²) < 4.78 is 24.2. The van der Waals surface area contributed by atoms with Crippen molar-refractivity contribution < 1.29 is 33.9 Å². The molecule has 7 heteroatoms. The van der Waals surface area contributed by atoms with E-state index in [0.717, 1.165) is 60.8 Å². The third kappa shape index (κ3) is 4.93. The first-order chi connectivity index (χ1) is 17.3. The summed E-state index contributed by atoms with van der Waals surface area (Å²) in [5, 5.41) is 33.2. The predicted molar refractivity (Wildman–Crippen MR) is 138 cm³/mol. The van der Waals surface area contributed by atoms with Crippen molar-refractivity contribution in [2.24, 2.45) is 5.92 Å². The molecule has 2 fully saturated rings. The van der Waals surface area contributed by atoms with Gasteiger partial charge in [-0.3, -0.25) is 0 Å². The van der Waals surface area contributed by atoms with Crippen LogP contribution in [0.4, 0.5) is 0 Å². The van der Waals surface area contributed by atoms with Gasteiger partial charge in [-0.2, -0.15) is 0 Å². The van der Waals surface area contributed by atoms with E-state index in [1.165, 1.54) is 0 Å². The Bertz CT molecular complexity index is 1000. The number of hydrogen-bond acceptors (Lipinski definition) is 7. The van der Waals surface area contributed by atoms with E-state index >= 15 is 0 Å².